The number of carbonyl (C=O) groups is 1. The Hall–Kier alpha value is -1.23. The Morgan fingerprint density at radius 2 is 1.61 bits per heavy atom. The predicted octanol–water partition coefficient (Wildman–Crippen LogP) is 5.03. The molecule has 0 radical (unpaired) electrons. The van der Waals surface area contributed by atoms with Gasteiger partial charge < -0.3 is 0 Å². The van der Waals surface area contributed by atoms with Gasteiger partial charge in [-0.05, 0) is 0 Å². The number of hydrogen-bond donors (Lipinski definition) is 0. The zero-order valence-electron chi connectivity index (χ0n) is 15.5. The van der Waals surface area contributed by atoms with Crippen LogP contribution in [0.5, 0.6) is 0 Å². The molecule has 7 heteroatoms. The number of halogens is 1. The van der Waals surface area contributed by atoms with E-state index in [1.54, 1.807) is 0 Å². The first kappa shape index (κ1) is 20.1. The van der Waals surface area contributed by atoms with Crippen molar-refractivity contribution in [3.05, 3.63) is 44.2 Å². The van der Waals surface area contributed by atoms with Crippen molar-refractivity contribution in [1.82, 2.24) is 15.0 Å². The molecule has 4 rings (SSSR count). The fourth-order valence-electron chi connectivity index (χ4n) is 3.23. The van der Waals surface area contributed by atoms with Crippen LogP contribution in [-0.4, -0.2) is 50.3 Å². The van der Waals surface area contributed by atoms with Crippen LogP contribution in [0.3, 0.4) is 0 Å². The Morgan fingerprint density at radius 3 is 2.18 bits per heavy atom. The third-order valence-corrected chi connectivity index (χ3v) is 9.84. The molecule has 4 nitrogen and oxygen atoms in total. The van der Waals surface area contributed by atoms with E-state index in [9.17, 15) is 4.79 Å². The minimum absolute atomic E-state index is 0.0439. The fourth-order valence-corrected chi connectivity index (χ4v) is 7.64. The summed E-state index contributed by atoms with van der Waals surface area (Å²) in [6.45, 7) is 3.07. The normalized spacial score (nSPS) is 11.4. The average Bonchev–Trinajstić information content (AvgIpc) is 3.43. The van der Waals surface area contributed by atoms with E-state index in [0.29, 0.717) is 0 Å². The Labute approximate surface area is 184 Å². The summed E-state index contributed by atoms with van der Waals surface area (Å²) in [7, 11) is 0. The first-order valence-corrected chi connectivity index (χ1v) is 13.6. The molecule has 0 aliphatic carbocycles. The van der Waals surface area contributed by atoms with Gasteiger partial charge in [0, 0.05) is 0 Å². The standard InChI is InChI=1S/C21H20BrN3OSe2/c1-2-3-4-5-12-25-23-20-15(17-9-6-14(13-26)27-17)7-8-16(21(20)24-25)18-10-11-19(22)28-18/h6-11,13H,2-5,12H2,1H3. The molecule has 0 saturated carbocycles. The van der Waals surface area contributed by atoms with Crippen LogP contribution in [-0.2, 0) is 6.54 Å². The second-order valence-electron chi connectivity index (χ2n) is 6.64. The average molecular weight is 568 g/mol. The van der Waals surface area contributed by atoms with Crippen LogP contribution in [0.4, 0.5) is 0 Å². The summed E-state index contributed by atoms with van der Waals surface area (Å²) in [5.41, 5.74) is 4.23. The number of nitrogens with zero attached hydrogens (tertiary/aromatic N) is 3. The molecule has 0 unspecified atom stereocenters. The zero-order valence-corrected chi connectivity index (χ0v) is 20.5. The van der Waals surface area contributed by atoms with Gasteiger partial charge in [0.25, 0.3) is 0 Å². The van der Waals surface area contributed by atoms with Gasteiger partial charge >= 0.3 is 185 Å². The first-order chi connectivity index (χ1) is 13.7. The summed E-state index contributed by atoms with van der Waals surface area (Å²) < 4.78 is 4.66. The molecule has 0 fully saturated rings. The van der Waals surface area contributed by atoms with Crippen molar-refractivity contribution >= 4 is 62.3 Å². The maximum atomic E-state index is 11.1. The van der Waals surface area contributed by atoms with E-state index in [-0.39, 0.29) is 29.0 Å². The van der Waals surface area contributed by atoms with Crippen LogP contribution in [0.25, 0.3) is 31.0 Å². The quantitative estimate of drug-likeness (QED) is 0.170. The van der Waals surface area contributed by atoms with Crippen LogP contribution in [0.1, 0.15) is 41.8 Å². The summed E-state index contributed by atoms with van der Waals surface area (Å²) in [5.74, 6) is 0. The molecule has 4 aromatic rings. The third-order valence-electron chi connectivity index (χ3n) is 4.64. The molecular formula is C21H20BrN3OSe2. The van der Waals surface area contributed by atoms with Gasteiger partial charge in [0.15, 0.2) is 0 Å². The zero-order chi connectivity index (χ0) is 19.5. The molecule has 0 atom stereocenters. The van der Waals surface area contributed by atoms with E-state index in [0.717, 1.165) is 40.3 Å². The van der Waals surface area contributed by atoms with Crippen molar-refractivity contribution in [2.45, 2.75) is 39.2 Å². The second kappa shape index (κ2) is 9.06. The van der Waals surface area contributed by atoms with Gasteiger partial charge in [-0.3, -0.25) is 0 Å². The molecule has 0 bridgehead atoms. The summed E-state index contributed by atoms with van der Waals surface area (Å²) in [4.78, 5) is 13.0. The van der Waals surface area contributed by atoms with Gasteiger partial charge in [-0.25, -0.2) is 0 Å². The molecule has 3 heterocycles. The van der Waals surface area contributed by atoms with Crippen molar-refractivity contribution < 1.29 is 4.79 Å². The van der Waals surface area contributed by atoms with Crippen molar-refractivity contribution in [3.63, 3.8) is 0 Å². The topological polar surface area (TPSA) is 47.8 Å². The van der Waals surface area contributed by atoms with Crippen LogP contribution >= 0.6 is 15.9 Å². The number of aldehydes is 1. The minimum atomic E-state index is 0.0439. The summed E-state index contributed by atoms with van der Waals surface area (Å²) in [5, 5.41) is 9.75. The number of hydrogen-bond acceptors (Lipinski definition) is 3. The molecule has 144 valence electrons. The Morgan fingerprint density at radius 1 is 0.929 bits per heavy atom. The Bertz CT molecular complexity index is 1110. The molecule has 3 aromatic heterocycles. The third kappa shape index (κ3) is 4.19. The molecule has 0 saturated heterocycles. The maximum absolute atomic E-state index is 11.1. The van der Waals surface area contributed by atoms with Crippen molar-refractivity contribution in [2.24, 2.45) is 0 Å². The number of fused-ring (bicyclic) bond motifs is 1. The van der Waals surface area contributed by atoms with Crippen molar-refractivity contribution in [2.75, 3.05) is 0 Å². The van der Waals surface area contributed by atoms with Gasteiger partial charge in [-0.15, -0.1) is 0 Å². The molecule has 0 spiro atoms. The summed E-state index contributed by atoms with van der Waals surface area (Å²) >= 11 is 3.95. The summed E-state index contributed by atoms with van der Waals surface area (Å²) in [6, 6.07) is 12.6. The number of benzene rings is 1. The van der Waals surface area contributed by atoms with E-state index >= 15 is 0 Å². The Kier molecular flexibility index (Phi) is 6.49. The molecule has 0 N–H and O–H groups in total. The van der Waals surface area contributed by atoms with Crippen LogP contribution < -0.4 is 0 Å². The molecule has 0 amide bonds. The summed E-state index contributed by atoms with van der Waals surface area (Å²) in [6.07, 6.45) is 5.75. The number of aromatic nitrogens is 3. The number of carbonyl (C=O) groups excluding carboxylic acids is 1. The van der Waals surface area contributed by atoms with E-state index in [1.165, 1.54) is 37.0 Å². The molecule has 0 aliphatic heterocycles. The van der Waals surface area contributed by atoms with Crippen LogP contribution in [0.2, 0.25) is 0 Å². The Balaban J connectivity index is 1.79. The molecular weight excluding hydrogens is 548 g/mol. The van der Waals surface area contributed by atoms with Crippen LogP contribution in [0.15, 0.2) is 39.7 Å². The van der Waals surface area contributed by atoms with Gasteiger partial charge in [0.1, 0.15) is 0 Å². The monoisotopic (exact) mass is 569 g/mol. The fraction of sp³-hybridized carbons (Fsp3) is 0.286. The van der Waals surface area contributed by atoms with E-state index in [2.05, 4.69) is 53.2 Å². The SMILES string of the molecule is CCCCCCn1nc2c(-c3ccc(Br)[se]3)ccc(-c3ccc(C=O)[se]3)c2n1. The van der Waals surface area contributed by atoms with Gasteiger partial charge in [-0.2, -0.15) is 0 Å². The predicted molar refractivity (Wildman–Crippen MR) is 120 cm³/mol. The van der Waals surface area contributed by atoms with E-state index < -0.39 is 0 Å². The number of aryl methyl sites for hydroxylation is 1. The van der Waals surface area contributed by atoms with Crippen LogP contribution in [0, 0.1) is 0 Å². The van der Waals surface area contributed by atoms with Gasteiger partial charge in [-0.1, -0.05) is 0 Å². The first-order valence-electron chi connectivity index (χ1n) is 9.38. The van der Waals surface area contributed by atoms with E-state index in [1.807, 2.05) is 10.9 Å². The molecule has 28 heavy (non-hydrogen) atoms. The van der Waals surface area contributed by atoms with Gasteiger partial charge in [0.05, 0.1) is 0 Å². The van der Waals surface area contributed by atoms with Gasteiger partial charge in [0.2, 0.25) is 0 Å². The number of rotatable bonds is 8. The second-order valence-corrected chi connectivity index (χ2v) is 13.3. The number of unbranched alkanes of at least 4 members (excludes halogenated alkanes) is 3. The molecule has 1 aromatic carbocycles. The van der Waals surface area contributed by atoms with Crippen molar-refractivity contribution in [3.8, 4) is 20.0 Å². The molecule has 0 aliphatic rings. The van der Waals surface area contributed by atoms with Crippen molar-refractivity contribution in [1.29, 1.82) is 0 Å². The van der Waals surface area contributed by atoms with E-state index in [4.69, 9.17) is 10.2 Å².